The lowest BCUT2D eigenvalue weighted by atomic mass is 10.1. The number of hydrogen-bond acceptors (Lipinski definition) is 5. The maximum atomic E-state index is 5.52. The molecule has 0 bridgehead atoms. The highest BCUT2D eigenvalue weighted by molar-refractivity contribution is 5.33. The average molecular weight is 250 g/mol. The van der Waals surface area contributed by atoms with Gasteiger partial charge in [-0.1, -0.05) is 6.42 Å². The summed E-state index contributed by atoms with van der Waals surface area (Å²) >= 11 is 0. The molecule has 0 aromatic carbocycles. The Kier molecular flexibility index (Phi) is 4.75. The van der Waals surface area contributed by atoms with Gasteiger partial charge in [-0.05, 0) is 33.2 Å². The van der Waals surface area contributed by atoms with Crippen LogP contribution in [0.3, 0.4) is 0 Å². The smallest absolute Gasteiger partial charge is 0.234 e. The van der Waals surface area contributed by atoms with Crippen LogP contribution in [0.5, 0.6) is 5.88 Å². The normalized spacial score (nSPS) is 19.8. The van der Waals surface area contributed by atoms with E-state index in [1.807, 2.05) is 13.8 Å². The molecule has 5 nitrogen and oxygen atoms in total. The number of nitrogens with zero attached hydrogens (tertiary/aromatic N) is 2. The Morgan fingerprint density at radius 1 is 1.44 bits per heavy atom. The van der Waals surface area contributed by atoms with Crippen LogP contribution in [0, 0.1) is 0 Å². The Hall–Kier alpha value is -1.36. The van der Waals surface area contributed by atoms with Crippen molar-refractivity contribution >= 4 is 5.82 Å². The molecule has 18 heavy (non-hydrogen) atoms. The van der Waals surface area contributed by atoms with Gasteiger partial charge in [-0.3, -0.25) is 4.98 Å². The lowest BCUT2D eigenvalue weighted by Gasteiger charge is -2.23. The van der Waals surface area contributed by atoms with E-state index in [9.17, 15) is 0 Å². The molecule has 100 valence electrons. The maximum absolute atomic E-state index is 5.52. The monoisotopic (exact) mass is 250 g/mol. The minimum atomic E-state index is 0.120. The molecule has 1 atom stereocenters. The first kappa shape index (κ1) is 13.1. The summed E-state index contributed by atoms with van der Waals surface area (Å²) in [6.07, 6.45) is 7.31. The summed E-state index contributed by atoms with van der Waals surface area (Å²) in [5.74, 6) is 1.35. The predicted octanol–water partition coefficient (Wildman–Crippen LogP) is 1.82. The zero-order valence-corrected chi connectivity index (χ0v) is 11.1. The fourth-order valence-corrected chi connectivity index (χ4v) is 2.06. The molecule has 0 saturated carbocycles. The lowest BCUT2D eigenvalue weighted by Crippen LogP contribution is -2.39. The summed E-state index contributed by atoms with van der Waals surface area (Å²) in [6, 6.07) is 0.537. The summed E-state index contributed by atoms with van der Waals surface area (Å²) in [7, 11) is 0. The van der Waals surface area contributed by atoms with Crippen LogP contribution in [0.25, 0.3) is 0 Å². The van der Waals surface area contributed by atoms with Gasteiger partial charge < -0.3 is 15.4 Å². The SMILES string of the molecule is CC(C)Oc1cncc(NCC2CCCCN2)n1. The van der Waals surface area contributed by atoms with Crippen LogP contribution in [-0.4, -0.2) is 35.2 Å². The number of nitrogens with one attached hydrogen (secondary N) is 2. The third-order valence-corrected chi connectivity index (χ3v) is 2.91. The Labute approximate surface area is 108 Å². The molecule has 1 aliphatic rings. The van der Waals surface area contributed by atoms with Gasteiger partial charge in [0.1, 0.15) is 5.82 Å². The van der Waals surface area contributed by atoms with Crippen LogP contribution in [0.4, 0.5) is 5.82 Å². The summed E-state index contributed by atoms with van der Waals surface area (Å²) in [5, 5.41) is 6.81. The van der Waals surface area contributed by atoms with Gasteiger partial charge in [0.25, 0.3) is 0 Å². The van der Waals surface area contributed by atoms with Crippen LogP contribution >= 0.6 is 0 Å². The van der Waals surface area contributed by atoms with Crippen molar-refractivity contribution in [1.82, 2.24) is 15.3 Å². The van der Waals surface area contributed by atoms with Gasteiger partial charge in [0.05, 0.1) is 18.5 Å². The van der Waals surface area contributed by atoms with Crippen molar-refractivity contribution in [2.75, 3.05) is 18.4 Å². The molecule has 1 saturated heterocycles. The molecule has 5 heteroatoms. The third kappa shape index (κ3) is 4.14. The minimum absolute atomic E-state index is 0.120. The summed E-state index contributed by atoms with van der Waals surface area (Å²) in [5.41, 5.74) is 0. The number of hydrogen-bond donors (Lipinski definition) is 2. The van der Waals surface area contributed by atoms with E-state index in [0.717, 1.165) is 18.9 Å². The molecule has 2 rings (SSSR count). The van der Waals surface area contributed by atoms with Crippen molar-refractivity contribution in [1.29, 1.82) is 0 Å². The number of anilines is 1. The first-order chi connectivity index (χ1) is 8.74. The highest BCUT2D eigenvalue weighted by Crippen LogP contribution is 2.12. The molecule has 2 N–H and O–H groups in total. The number of piperidine rings is 1. The summed E-state index contributed by atoms with van der Waals surface area (Å²) < 4.78 is 5.52. The Morgan fingerprint density at radius 3 is 3.06 bits per heavy atom. The molecule has 0 amide bonds. The van der Waals surface area contributed by atoms with Crippen molar-refractivity contribution in [3.05, 3.63) is 12.4 Å². The second kappa shape index (κ2) is 6.54. The average Bonchev–Trinajstić information content (AvgIpc) is 2.37. The van der Waals surface area contributed by atoms with E-state index >= 15 is 0 Å². The van der Waals surface area contributed by atoms with E-state index in [4.69, 9.17) is 4.74 Å². The standard InChI is InChI=1S/C13H22N4O/c1-10(2)18-13-9-14-8-12(17-13)16-7-11-5-3-4-6-15-11/h8-11,15H,3-7H2,1-2H3,(H,16,17). The second-order valence-electron chi connectivity index (χ2n) is 4.94. The van der Waals surface area contributed by atoms with E-state index in [2.05, 4.69) is 20.6 Å². The van der Waals surface area contributed by atoms with E-state index < -0.39 is 0 Å². The minimum Gasteiger partial charge on any atom is -0.474 e. The van der Waals surface area contributed by atoms with Crippen molar-refractivity contribution in [3.8, 4) is 5.88 Å². The molecule has 2 heterocycles. The third-order valence-electron chi connectivity index (χ3n) is 2.91. The van der Waals surface area contributed by atoms with E-state index in [1.165, 1.54) is 19.3 Å². The predicted molar refractivity (Wildman–Crippen MR) is 71.9 cm³/mol. The van der Waals surface area contributed by atoms with Crippen LogP contribution < -0.4 is 15.4 Å². The van der Waals surface area contributed by atoms with Crippen LogP contribution in [0.2, 0.25) is 0 Å². The molecular weight excluding hydrogens is 228 g/mol. The number of rotatable bonds is 5. The van der Waals surface area contributed by atoms with Crippen molar-refractivity contribution in [2.45, 2.75) is 45.3 Å². The zero-order valence-electron chi connectivity index (χ0n) is 11.1. The van der Waals surface area contributed by atoms with Crippen LogP contribution in [0.1, 0.15) is 33.1 Å². The van der Waals surface area contributed by atoms with Crippen LogP contribution in [-0.2, 0) is 0 Å². The maximum Gasteiger partial charge on any atom is 0.234 e. The van der Waals surface area contributed by atoms with Gasteiger partial charge in [-0.25, -0.2) is 0 Å². The summed E-state index contributed by atoms with van der Waals surface area (Å²) in [4.78, 5) is 8.50. The second-order valence-corrected chi connectivity index (χ2v) is 4.94. The van der Waals surface area contributed by atoms with E-state index in [1.54, 1.807) is 12.4 Å². The zero-order chi connectivity index (χ0) is 12.8. The first-order valence-electron chi connectivity index (χ1n) is 6.70. The van der Waals surface area contributed by atoms with Gasteiger partial charge >= 0.3 is 0 Å². The van der Waals surface area contributed by atoms with Crippen molar-refractivity contribution in [2.24, 2.45) is 0 Å². The van der Waals surface area contributed by atoms with Gasteiger partial charge in [-0.2, -0.15) is 4.98 Å². The quantitative estimate of drug-likeness (QED) is 0.834. The Morgan fingerprint density at radius 2 is 2.33 bits per heavy atom. The van der Waals surface area contributed by atoms with Gasteiger partial charge in [0, 0.05) is 12.6 Å². The largest absolute Gasteiger partial charge is 0.474 e. The molecule has 0 radical (unpaired) electrons. The van der Waals surface area contributed by atoms with Crippen LogP contribution in [0.15, 0.2) is 12.4 Å². The first-order valence-corrected chi connectivity index (χ1v) is 6.70. The fourth-order valence-electron chi connectivity index (χ4n) is 2.06. The molecule has 1 unspecified atom stereocenters. The topological polar surface area (TPSA) is 59.1 Å². The molecule has 1 aliphatic heterocycles. The highest BCUT2D eigenvalue weighted by atomic mass is 16.5. The molecular formula is C13H22N4O. The van der Waals surface area contributed by atoms with E-state index in [0.29, 0.717) is 11.9 Å². The summed E-state index contributed by atoms with van der Waals surface area (Å²) in [6.45, 7) is 5.97. The molecule has 1 aromatic heterocycles. The fraction of sp³-hybridized carbons (Fsp3) is 0.692. The molecule has 0 spiro atoms. The van der Waals surface area contributed by atoms with E-state index in [-0.39, 0.29) is 6.10 Å². The Balaban J connectivity index is 1.84. The van der Waals surface area contributed by atoms with Gasteiger partial charge in [0.15, 0.2) is 0 Å². The highest BCUT2D eigenvalue weighted by Gasteiger charge is 2.12. The van der Waals surface area contributed by atoms with Crippen molar-refractivity contribution < 1.29 is 4.74 Å². The number of ether oxygens (including phenoxy) is 1. The molecule has 1 fully saturated rings. The number of aromatic nitrogens is 2. The van der Waals surface area contributed by atoms with Gasteiger partial charge in [-0.15, -0.1) is 0 Å². The molecule has 0 aliphatic carbocycles. The van der Waals surface area contributed by atoms with Crippen molar-refractivity contribution in [3.63, 3.8) is 0 Å². The van der Waals surface area contributed by atoms with Gasteiger partial charge in [0.2, 0.25) is 5.88 Å². The lowest BCUT2D eigenvalue weighted by molar-refractivity contribution is 0.232. The Bertz CT molecular complexity index is 364. The molecule has 1 aromatic rings.